The molecule has 0 atom stereocenters. The smallest absolute Gasteiger partial charge is 0.294 e. The first-order valence-electron chi connectivity index (χ1n) is 4.69. The largest absolute Gasteiger partial charge is 0.417 e. The summed E-state index contributed by atoms with van der Waals surface area (Å²) in [5.41, 5.74) is -0.833. The molecule has 1 aromatic carbocycles. The molecule has 0 radical (unpaired) electrons. The van der Waals surface area contributed by atoms with E-state index < -0.39 is 11.7 Å². The van der Waals surface area contributed by atoms with E-state index in [0.717, 1.165) is 6.07 Å². The number of halogens is 4. The van der Waals surface area contributed by atoms with Gasteiger partial charge in [-0.25, -0.2) is 0 Å². The standard InChI is InChI=1S/C12H8BrF3O/c1-2-3-4-11(17)8-5-6-10(13)9(7-8)12(14,15)16/h1,5-7H,3-4H2. The molecular formula is C12H8BrF3O. The third-order valence-electron chi connectivity index (χ3n) is 2.09. The highest BCUT2D eigenvalue weighted by molar-refractivity contribution is 9.10. The van der Waals surface area contributed by atoms with Crippen LogP contribution in [0.2, 0.25) is 0 Å². The summed E-state index contributed by atoms with van der Waals surface area (Å²) in [4.78, 5) is 11.5. The van der Waals surface area contributed by atoms with Crippen LogP contribution < -0.4 is 0 Å². The molecule has 0 saturated heterocycles. The van der Waals surface area contributed by atoms with Gasteiger partial charge in [-0.05, 0) is 12.1 Å². The molecule has 0 aliphatic heterocycles. The Morgan fingerprint density at radius 1 is 1.41 bits per heavy atom. The Morgan fingerprint density at radius 2 is 2.06 bits per heavy atom. The van der Waals surface area contributed by atoms with E-state index in [1.54, 1.807) is 0 Å². The van der Waals surface area contributed by atoms with Crippen LogP contribution in [0.5, 0.6) is 0 Å². The fourth-order valence-corrected chi connectivity index (χ4v) is 1.72. The Kier molecular flexibility index (Phi) is 4.35. The minimum absolute atomic E-state index is 0.0239. The first kappa shape index (κ1) is 13.8. The van der Waals surface area contributed by atoms with Crippen LogP contribution in [0.3, 0.4) is 0 Å². The van der Waals surface area contributed by atoms with Crippen LogP contribution in [0.1, 0.15) is 28.8 Å². The van der Waals surface area contributed by atoms with Crippen molar-refractivity contribution >= 4 is 21.7 Å². The number of benzene rings is 1. The van der Waals surface area contributed by atoms with Crippen molar-refractivity contribution in [1.29, 1.82) is 0 Å². The monoisotopic (exact) mass is 304 g/mol. The van der Waals surface area contributed by atoms with Gasteiger partial charge in [-0.2, -0.15) is 13.2 Å². The van der Waals surface area contributed by atoms with Crippen LogP contribution in [0.25, 0.3) is 0 Å². The first-order chi connectivity index (χ1) is 7.86. The molecule has 0 saturated carbocycles. The summed E-state index contributed by atoms with van der Waals surface area (Å²) in [5, 5.41) is 0. The Hall–Kier alpha value is -1.28. The summed E-state index contributed by atoms with van der Waals surface area (Å²) in [7, 11) is 0. The van der Waals surface area contributed by atoms with Gasteiger partial charge in [-0.1, -0.05) is 22.0 Å². The SMILES string of the molecule is C#CCCC(=O)c1ccc(Br)c(C(F)(F)F)c1. The highest BCUT2D eigenvalue weighted by Crippen LogP contribution is 2.35. The van der Waals surface area contributed by atoms with Gasteiger partial charge in [0.2, 0.25) is 0 Å². The van der Waals surface area contributed by atoms with Crippen molar-refractivity contribution in [2.75, 3.05) is 0 Å². The van der Waals surface area contributed by atoms with Gasteiger partial charge in [0.1, 0.15) is 0 Å². The van der Waals surface area contributed by atoms with Gasteiger partial charge in [0.15, 0.2) is 5.78 Å². The highest BCUT2D eigenvalue weighted by Gasteiger charge is 2.33. The molecule has 1 rings (SSSR count). The van der Waals surface area contributed by atoms with Crippen LogP contribution in [-0.2, 0) is 6.18 Å². The lowest BCUT2D eigenvalue weighted by atomic mass is 10.0. The quantitative estimate of drug-likeness (QED) is 0.608. The molecule has 1 nitrogen and oxygen atoms in total. The van der Waals surface area contributed by atoms with E-state index in [9.17, 15) is 18.0 Å². The molecule has 0 unspecified atom stereocenters. The van der Waals surface area contributed by atoms with Crippen LogP contribution in [0.4, 0.5) is 13.2 Å². The van der Waals surface area contributed by atoms with E-state index in [2.05, 4.69) is 21.9 Å². The molecule has 0 aliphatic rings. The molecule has 1 aromatic rings. The van der Waals surface area contributed by atoms with Gasteiger partial charge in [0.25, 0.3) is 0 Å². The lowest BCUT2D eigenvalue weighted by molar-refractivity contribution is -0.138. The zero-order valence-corrected chi connectivity index (χ0v) is 10.2. The van der Waals surface area contributed by atoms with Crippen molar-refractivity contribution in [3.05, 3.63) is 33.8 Å². The van der Waals surface area contributed by atoms with E-state index in [1.807, 2.05) is 0 Å². The molecule has 0 aliphatic carbocycles. The number of rotatable bonds is 3. The number of ketones is 1. The predicted octanol–water partition coefficient (Wildman–Crippen LogP) is 4.06. The first-order valence-corrected chi connectivity index (χ1v) is 5.49. The van der Waals surface area contributed by atoms with Crippen molar-refractivity contribution in [2.24, 2.45) is 0 Å². The minimum Gasteiger partial charge on any atom is -0.294 e. The van der Waals surface area contributed by atoms with Crippen molar-refractivity contribution in [3.8, 4) is 12.3 Å². The van der Waals surface area contributed by atoms with E-state index in [4.69, 9.17) is 6.42 Å². The summed E-state index contributed by atoms with van der Waals surface area (Å²) in [6.07, 6.45) is 0.773. The van der Waals surface area contributed by atoms with Crippen LogP contribution in [0, 0.1) is 12.3 Å². The third-order valence-corrected chi connectivity index (χ3v) is 2.78. The Balaban J connectivity index is 3.05. The second-order valence-electron chi connectivity index (χ2n) is 3.32. The van der Waals surface area contributed by atoms with Crippen LogP contribution in [0.15, 0.2) is 22.7 Å². The molecule has 17 heavy (non-hydrogen) atoms. The number of hydrogen-bond donors (Lipinski definition) is 0. The van der Waals surface area contributed by atoms with Crippen molar-refractivity contribution in [1.82, 2.24) is 0 Å². The van der Waals surface area contributed by atoms with Crippen molar-refractivity contribution < 1.29 is 18.0 Å². The summed E-state index contributed by atoms with van der Waals surface area (Å²) in [6.45, 7) is 0. The molecule has 90 valence electrons. The fourth-order valence-electron chi connectivity index (χ4n) is 1.25. The van der Waals surface area contributed by atoms with E-state index >= 15 is 0 Å². The number of terminal acetylenes is 1. The number of carbonyl (C=O) groups is 1. The molecular weight excluding hydrogens is 297 g/mol. The lowest BCUT2D eigenvalue weighted by Gasteiger charge is -2.10. The van der Waals surface area contributed by atoms with Gasteiger partial charge >= 0.3 is 6.18 Å². The van der Waals surface area contributed by atoms with Crippen LogP contribution >= 0.6 is 15.9 Å². The number of carbonyl (C=O) groups excluding carboxylic acids is 1. The zero-order chi connectivity index (χ0) is 13.1. The zero-order valence-electron chi connectivity index (χ0n) is 8.64. The fraction of sp³-hybridized carbons (Fsp3) is 0.250. The van der Waals surface area contributed by atoms with Gasteiger partial charge < -0.3 is 0 Å². The predicted molar refractivity (Wildman–Crippen MR) is 61.5 cm³/mol. The molecule has 0 bridgehead atoms. The van der Waals surface area contributed by atoms with E-state index in [-0.39, 0.29) is 28.7 Å². The van der Waals surface area contributed by atoms with Crippen LogP contribution in [-0.4, -0.2) is 5.78 Å². The lowest BCUT2D eigenvalue weighted by Crippen LogP contribution is -2.08. The molecule has 5 heteroatoms. The number of alkyl halides is 3. The molecule has 0 aromatic heterocycles. The minimum atomic E-state index is -4.48. The van der Waals surface area contributed by atoms with E-state index in [1.165, 1.54) is 12.1 Å². The summed E-state index contributed by atoms with van der Waals surface area (Å²) < 4.78 is 37.6. The maximum atomic E-state index is 12.6. The Bertz CT molecular complexity index is 472. The maximum Gasteiger partial charge on any atom is 0.417 e. The Labute approximate surface area is 105 Å². The van der Waals surface area contributed by atoms with Crippen molar-refractivity contribution in [2.45, 2.75) is 19.0 Å². The Morgan fingerprint density at radius 3 is 2.59 bits per heavy atom. The molecule has 0 spiro atoms. The molecule has 0 amide bonds. The van der Waals surface area contributed by atoms with Crippen molar-refractivity contribution in [3.63, 3.8) is 0 Å². The molecule has 0 fully saturated rings. The summed E-state index contributed by atoms with van der Waals surface area (Å²) >= 11 is 2.80. The topological polar surface area (TPSA) is 17.1 Å². The van der Waals surface area contributed by atoms with Gasteiger partial charge in [-0.15, -0.1) is 12.3 Å². The summed E-state index contributed by atoms with van der Waals surface area (Å²) in [6, 6.07) is 3.40. The summed E-state index contributed by atoms with van der Waals surface area (Å²) in [5.74, 6) is 1.88. The van der Waals surface area contributed by atoms with Gasteiger partial charge in [-0.3, -0.25) is 4.79 Å². The number of hydrogen-bond acceptors (Lipinski definition) is 1. The molecule has 0 heterocycles. The normalized spacial score (nSPS) is 11.0. The molecule has 0 N–H and O–H groups in total. The second kappa shape index (κ2) is 5.37. The number of Topliss-reactive ketones (excluding diaryl/α,β-unsaturated/α-hetero) is 1. The second-order valence-corrected chi connectivity index (χ2v) is 4.17. The third kappa shape index (κ3) is 3.60. The average molecular weight is 305 g/mol. The van der Waals surface area contributed by atoms with E-state index in [0.29, 0.717) is 0 Å². The maximum absolute atomic E-state index is 12.6. The van der Waals surface area contributed by atoms with Gasteiger partial charge in [0.05, 0.1) is 5.56 Å². The average Bonchev–Trinajstić information content (AvgIpc) is 2.25. The van der Waals surface area contributed by atoms with Gasteiger partial charge in [0, 0.05) is 22.9 Å². The highest BCUT2D eigenvalue weighted by atomic mass is 79.9.